The molecule has 0 aliphatic carbocycles. The van der Waals surface area contributed by atoms with Crippen molar-refractivity contribution in [1.29, 1.82) is 0 Å². The van der Waals surface area contributed by atoms with Crippen LogP contribution in [0.5, 0.6) is 0 Å². The molecule has 1 aliphatic heterocycles. The maximum Gasteiger partial charge on any atom is 0.0173 e. The van der Waals surface area contributed by atoms with Crippen LogP contribution < -0.4 is 0 Å². The molecule has 1 saturated heterocycles. The van der Waals surface area contributed by atoms with Crippen molar-refractivity contribution in [3.63, 3.8) is 0 Å². The molecule has 1 heteroatoms. The lowest BCUT2D eigenvalue weighted by atomic mass is 9.80. The first-order valence-corrected chi connectivity index (χ1v) is 7.44. The van der Waals surface area contributed by atoms with Crippen molar-refractivity contribution < 1.29 is 0 Å². The van der Waals surface area contributed by atoms with E-state index in [9.17, 15) is 0 Å². The summed E-state index contributed by atoms with van der Waals surface area (Å²) in [5, 5.41) is 0. The fourth-order valence-electron chi connectivity index (χ4n) is 3.21. The van der Waals surface area contributed by atoms with E-state index in [2.05, 4.69) is 51.3 Å². The number of hydrogen-bond acceptors (Lipinski definition) is 1. The van der Waals surface area contributed by atoms with Crippen LogP contribution in [0, 0.1) is 0 Å². The van der Waals surface area contributed by atoms with Crippen molar-refractivity contribution in [3.8, 4) is 0 Å². The van der Waals surface area contributed by atoms with Gasteiger partial charge in [0.15, 0.2) is 0 Å². The minimum atomic E-state index is 0.340. The predicted molar refractivity (Wildman–Crippen MR) is 81.9 cm³/mol. The zero-order valence-electron chi connectivity index (χ0n) is 12.8. The van der Waals surface area contributed by atoms with E-state index in [1.54, 1.807) is 0 Å². The normalized spacial score (nSPS) is 23.3. The topological polar surface area (TPSA) is 3.24 Å². The number of unbranched alkanes of at least 4 members (excludes halogenated alkanes) is 2. The zero-order chi connectivity index (χ0) is 13.6. The largest absolute Gasteiger partial charge is 0.289 e. The smallest absolute Gasteiger partial charge is 0.0173 e. The fraction of sp³-hybridized carbons (Fsp3) is 0.765. The summed E-state index contributed by atoms with van der Waals surface area (Å²) in [6.45, 7) is 14.4. The molecule has 1 heterocycles. The van der Waals surface area contributed by atoms with Crippen LogP contribution in [-0.2, 0) is 0 Å². The average Bonchev–Trinajstić information content (AvgIpc) is 2.25. The molecular weight excluding hydrogens is 218 g/mol. The first-order valence-electron chi connectivity index (χ1n) is 7.44. The summed E-state index contributed by atoms with van der Waals surface area (Å²) in [7, 11) is 0. The first-order chi connectivity index (χ1) is 8.40. The van der Waals surface area contributed by atoms with Gasteiger partial charge in [-0.05, 0) is 66.2 Å². The summed E-state index contributed by atoms with van der Waals surface area (Å²) in [6, 6.07) is 0. The SMILES string of the molecule is C=CCCCC=CCN1C(C)(C)CCCC1(C)C. The van der Waals surface area contributed by atoms with Crippen LogP contribution in [0.3, 0.4) is 0 Å². The second-order valence-corrected chi connectivity index (χ2v) is 6.78. The van der Waals surface area contributed by atoms with Gasteiger partial charge in [-0.3, -0.25) is 4.90 Å². The van der Waals surface area contributed by atoms with Gasteiger partial charge < -0.3 is 0 Å². The van der Waals surface area contributed by atoms with Crippen molar-refractivity contribution in [2.24, 2.45) is 0 Å². The molecule has 0 aromatic carbocycles. The van der Waals surface area contributed by atoms with Gasteiger partial charge in [-0.15, -0.1) is 6.58 Å². The van der Waals surface area contributed by atoms with Crippen LogP contribution in [-0.4, -0.2) is 22.5 Å². The van der Waals surface area contributed by atoms with Crippen LogP contribution in [0.15, 0.2) is 24.8 Å². The Kier molecular flexibility index (Phi) is 5.65. The molecule has 0 bridgehead atoms. The van der Waals surface area contributed by atoms with Gasteiger partial charge in [0.05, 0.1) is 0 Å². The van der Waals surface area contributed by atoms with Crippen molar-refractivity contribution in [1.82, 2.24) is 4.90 Å². The summed E-state index contributed by atoms with van der Waals surface area (Å²) in [5.74, 6) is 0. The van der Waals surface area contributed by atoms with Crippen LogP contribution in [0.25, 0.3) is 0 Å². The standard InChI is InChI=1S/C17H31N/c1-6-7-8-9-10-11-15-18-16(2,3)13-12-14-17(18,4)5/h6,10-11H,1,7-9,12-15H2,2-5H3. The molecular formula is C17H31N. The molecule has 0 amide bonds. The van der Waals surface area contributed by atoms with E-state index in [0.717, 1.165) is 13.0 Å². The molecule has 1 aliphatic rings. The molecule has 1 nitrogen and oxygen atoms in total. The van der Waals surface area contributed by atoms with Crippen molar-refractivity contribution in [2.75, 3.05) is 6.54 Å². The summed E-state index contributed by atoms with van der Waals surface area (Å²) in [5.41, 5.74) is 0.681. The Bertz CT molecular complexity index is 270. The van der Waals surface area contributed by atoms with Gasteiger partial charge in [-0.1, -0.05) is 18.2 Å². The van der Waals surface area contributed by atoms with Gasteiger partial charge in [0.2, 0.25) is 0 Å². The van der Waals surface area contributed by atoms with E-state index in [0.29, 0.717) is 11.1 Å². The van der Waals surface area contributed by atoms with Crippen LogP contribution in [0.2, 0.25) is 0 Å². The van der Waals surface area contributed by atoms with Crippen molar-refractivity contribution >= 4 is 0 Å². The van der Waals surface area contributed by atoms with Gasteiger partial charge in [0.1, 0.15) is 0 Å². The quantitative estimate of drug-likeness (QED) is 0.476. The number of allylic oxidation sites excluding steroid dienone is 2. The molecule has 0 spiro atoms. The van der Waals surface area contributed by atoms with Gasteiger partial charge in [-0.25, -0.2) is 0 Å². The third kappa shape index (κ3) is 4.28. The van der Waals surface area contributed by atoms with Gasteiger partial charge in [-0.2, -0.15) is 0 Å². The molecule has 18 heavy (non-hydrogen) atoms. The number of piperidine rings is 1. The minimum absolute atomic E-state index is 0.340. The molecule has 0 aromatic heterocycles. The highest BCUT2D eigenvalue weighted by molar-refractivity contribution is 5.00. The average molecular weight is 249 g/mol. The Morgan fingerprint density at radius 2 is 1.61 bits per heavy atom. The zero-order valence-corrected chi connectivity index (χ0v) is 12.8. The third-order valence-electron chi connectivity index (χ3n) is 4.27. The first kappa shape index (κ1) is 15.5. The van der Waals surface area contributed by atoms with E-state index in [-0.39, 0.29) is 0 Å². The monoisotopic (exact) mass is 249 g/mol. The fourth-order valence-corrected chi connectivity index (χ4v) is 3.21. The molecule has 0 saturated carbocycles. The number of likely N-dealkylation sites (tertiary alicyclic amines) is 1. The van der Waals surface area contributed by atoms with E-state index in [4.69, 9.17) is 0 Å². The number of rotatable bonds is 6. The molecule has 0 aromatic rings. The van der Waals surface area contributed by atoms with Crippen LogP contribution in [0.1, 0.15) is 66.2 Å². The second kappa shape index (κ2) is 6.56. The minimum Gasteiger partial charge on any atom is -0.289 e. The Labute approximate surface area is 114 Å². The molecule has 0 unspecified atom stereocenters. The lowest BCUT2D eigenvalue weighted by Crippen LogP contribution is -2.58. The third-order valence-corrected chi connectivity index (χ3v) is 4.27. The van der Waals surface area contributed by atoms with Gasteiger partial charge in [0, 0.05) is 17.6 Å². The van der Waals surface area contributed by atoms with Gasteiger partial charge >= 0.3 is 0 Å². The molecule has 1 fully saturated rings. The summed E-state index contributed by atoms with van der Waals surface area (Å²) >= 11 is 0. The van der Waals surface area contributed by atoms with E-state index < -0.39 is 0 Å². The highest BCUT2D eigenvalue weighted by atomic mass is 15.2. The Balaban J connectivity index is 2.48. The van der Waals surface area contributed by atoms with Crippen molar-refractivity contribution in [3.05, 3.63) is 24.8 Å². The summed E-state index contributed by atoms with van der Waals surface area (Å²) in [6.07, 6.45) is 14.2. The van der Waals surface area contributed by atoms with Crippen LogP contribution >= 0.6 is 0 Å². The second-order valence-electron chi connectivity index (χ2n) is 6.78. The highest BCUT2D eigenvalue weighted by Gasteiger charge is 2.40. The van der Waals surface area contributed by atoms with Gasteiger partial charge in [0.25, 0.3) is 0 Å². The van der Waals surface area contributed by atoms with E-state index in [1.807, 2.05) is 6.08 Å². The lowest BCUT2D eigenvalue weighted by molar-refractivity contribution is -0.0163. The molecule has 0 N–H and O–H groups in total. The van der Waals surface area contributed by atoms with Crippen LogP contribution in [0.4, 0.5) is 0 Å². The molecule has 0 atom stereocenters. The Morgan fingerprint density at radius 3 is 2.17 bits per heavy atom. The number of nitrogens with zero attached hydrogens (tertiary/aromatic N) is 1. The summed E-state index contributed by atoms with van der Waals surface area (Å²) < 4.78 is 0. The number of hydrogen-bond donors (Lipinski definition) is 0. The maximum atomic E-state index is 3.76. The predicted octanol–water partition coefficient (Wildman–Crippen LogP) is 4.94. The summed E-state index contributed by atoms with van der Waals surface area (Å²) in [4.78, 5) is 2.67. The Morgan fingerprint density at radius 1 is 1.00 bits per heavy atom. The van der Waals surface area contributed by atoms with E-state index >= 15 is 0 Å². The van der Waals surface area contributed by atoms with Crippen molar-refractivity contribution in [2.45, 2.75) is 77.3 Å². The Hall–Kier alpha value is -0.560. The molecule has 1 rings (SSSR count). The lowest BCUT2D eigenvalue weighted by Gasteiger charge is -2.52. The maximum absolute atomic E-state index is 3.76. The molecule has 0 radical (unpaired) electrons. The highest BCUT2D eigenvalue weighted by Crippen LogP contribution is 2.37. The van der Waals surface area contributed by atoms with E-state index in [1.165, 1.54) is 32.1 Å². The molecule has 104 valence electrons.